The third-order valence-electron chi connectivity index (χ3n) is 3.17. The van der Waals surface area contributed by atoms with Crippen LogP contribution in [0.4, 0.5) is 0 Å². The fourth-order valence-corrected chi connectivity index (χ4v) is 3.34. The van der Waals surface area contributed by atoms with Crippen molar-refractivity contribution in [1.29, 1.82) is 0 Å². The molecule has 6 heteroatoms. The summed E-state index contributed by atoms with van der Waals surface area (Å²) in [6, 6.07) is 1.55. The van der Waals surface area contributed by atoms with Crippen LogP contribution < -0.4 is 4.74 Å². The Balaban J connectivity index is 2.83. The van der Waals surface area contributed by atoms with Gasteiger partial charge in [0.2, 0.25) is 0 Å². The first kappa shape index (κ1) is 18.3. The first-order valence-corrected chi connectivity index (χ1v) is 9.21. The van der Waals surface area contributed by atoms with Crippen LogP contribution in [0.5, 0.6) is 5.75 Å². The highest BCUT2D eigenvalue weighted by Crippen LogP contribution is 2.32. The van der Waals surface area contributed by atoms with Crippen LogP contribution in [-0.4, -0.2) is 28.2 Å². The molecule has 0 aromatic heterocycles. The number of hydrogen-bond donors (Lipinski definition) is 0. The molecule has 0 fully saturated rings. The summed E-state index contributed by atoms with van der Waals surface area (Å²) in [6.45, 7) is 11.2. The average molecular weight is 335 g/mol. The van der Waals surface area contributed by atoms with Gasteiger partial charge in [-0.1, -0.05) is 13.8 Å². The van der Waals surface area contributed by atoms with Gasteiger partial charge in [0.1, 0.15) is 12.4 Å². The van der Waals surface area contributed by atoms with Gasteiger partial charge < -0.3 is 9.47 Å². The van der Waals surface area contributed by atoms with Gasteiger partial charge in [-0.2, -0.15) is 0 Å². The monoisotopic (exact) mass is 334 g/mol. The minimum atomic E-state index is -3.74. The summed E-state index contributed by atoms with van der Waals surface area (Å²) in [6.07, 6.45) is 0. The molecule has 0 aliphatic rings. The standard InChI is InChI=1S/C15H23ClO4S/c1-10(2)9-19-6-7-20-15-11(3)8-14(21(16,17)18)12(4)13(15)5/h8,10H,6-7,9H2,1-5H3. The molecule has 0 radical (unpaired) electrons. The minimum absolute atomic E-state index is 0.141. The van der Waals surface area contributed by atoms with E-state index < -0.39 is 9.05 Å². The summed E-state index contributed by atoms with van der Waals surface area (Å²) in [7, 11) is 1.70. The summed E-state index contributed by atoms with van der Waals surface area (Å²) in [5.74, 6) is 1.19. The quantitative estimate of drug-likeness (QED) is 0.565. The molecule has 0 aliphatic carbocycles. The molecule has 0 heterocycles. The van der Waals surface area contributed by atoms with Crippen molar-refractivity contribution in [3.8, 4) is 5.75 Å². The van der Waals surface area contributed by atoms with Gasteiger partial charge in [-0.05, 0) is 49.4 Å². The van der Waals surface area contributed by atoms with Crippen molar-refractivity contribution in [1.82, 2.24) is 0 Å². The van der Waals surface area contributed by atoms with Crippen molar-refractivity contribution in [2.75, 3.05) is 19.8 Å². The van der Waals surface area contributed by atoms with Gasteiger partial charge >= 0.3 is 0 Å². The number of ether oxygens (including phenoxy) is 2. The highest BCUT2D eigenvalue weighted by molar-refractivity contribution is 8.13. The molecule has 0 unspecified atom stereocenters. The Bertz CT molecular complexity index is 594. The van der Waals surface area contributed by atoms with Gasteiger partial charge in [0.25, 0.3) is 9.05 Å². The normalized spacial score (nSPS) is 12.0. The Labute approximate surface area is 131 Å². The van der Waals surface area contributed by atoms with Crippen molar-refractivity contribution >= 4 is 19.7 Å². The maximum absolute atomic E-state index is 11.5. The highest BCUT2D eigenvalue weighted by Gasteiger charge is 2.19. The lowest BCUT2D eigenvalue weighted by molar-refractivity contribution is 0.0815. The van der Waals surface area contributed by atoms with Gasteiger partial charge in [-0.15, -0.1) is 0 Å². The zero-order valence-corrected chi connectivity index (χ0v) is 14.8. The van der Waals surface area contributed by atoms with E-state index in [0.717, 1.165) is 11.1 Å². The zero-order valence-electron chi connectivity index (χ0n) is 13.2. The molecule has 0 saturated heterocycles. The Kier molecular flexibility index (Phi) is 6.50. The summed E-state index contributed by atoms with van der Waals surface area (Å²) >= 11 is 0. The molecule has 0 amide bonds. The molecule has 1 aromatic carbocycles. The molecule has 1 aromatic rings. The summed E-state index contributed by atoms with van der Waals surface area (Å²) in [4.78, 5) is 0.141. The largest absolute Gasteiger partial charge is 0.491 e. The lowest BCUT2D eigenvalue weighted by Gasteiger charge is -2.16. The number of benzene rings is 1. The summed E-state index contributed by atoms with van der Waals surface area (Å²) < 4.78 is 34.3. The van der Waals surface area contributed by atoms with Gasteiger partial charge in [0, 0.05) is 17.3 Å². The molecular formula is C15H23ClO4S. The SMILES string of the molecule is Cc1cc(S(=O)(=O)Cl)c(C)c(C)c1OCCOCC(C)C. The second kappa shape index (κ2) is 7.47. The number of rotatable bonds is 7. The van der Waals surface area contributed by atoms with E-state index in [-0.39, 0.29) is 4.90 Å². The molecule has 1 rings (SSSR count). The first-order chi connectivity index (χ1) is 9.64. The summed E-state index contributed by atoms with van der Waals surface area (Å²) in [5.41, 5.74) is 2.16. The van der Waals surface area contributed by atoms with Gasteiger partial charge in [0.05, 0.1) is 11.5 Å². The lowest BCUT2D eigenvalue weighted by atomic mass is 10.1. The highest BCUT2D eigenvalue weighted by atomic mass is 35.7. The van der Waals surface area contributed by atoms with Crippen molar-refractivity contribution in [2.24, 2.45) is 5.92 Å². The van der Waals surface area contributed by atoms with Gasteiger partial charge in [-0.25, -0.2) is 8.42 Å². The molecule has 0 atom stereocenters. The van der Waals surface area contributed by atoms with E-state index in [4.69, 9.17) is 20.2 Å². The van der Waals surface area contributed by atoms with Crippen molar-refractivity contribution in [3.63, 3.8) is 0 Å². The van der Waals surface area contributed by atoms with Crippen molar-refractivity contribution < 1.29 is 17.9 Å². The van der Waals surface area contributed by atoms with Crippen LogP contribution in [0.15, 0.2) is 11.0 Å². The molecule has 0 N–H and O–H groups in total. The Morgan fingerprint density at radius 3 is 2.29 bits per heavy atom. The average Bonchev–Trinajstić information content (AvgIpc) is 2.35. The van der Waals surface area contributed by atoms with E-state index in [1.54, 1.807) is 13.0 Å². The summed E-state index contributed by atoms with van der Waals surface area (Å²) in [5, 5.41) is 0. The number of halogens is 1. The van der Waals surface area contributed by atoms with Crippen LogP contribution in [0.25, 0.3) is 0 Å². The third kappa shape index (κ3) is 5.16. The van der Waals surface area contributed by atoms with E-state index >= 15 is 0 Å². The number of hydrogen-bond acceptors (Lipinski definition) is 4. The smallest absolute Gasteiger partial charge is 0.261 e. The fourth-order valence-electron chi connectivity index (χ4n) is 2.02. The second-order valence-electron chi connectivity index (χ2n) is 5.53. The van der Waals surface area contributed by atoms with E-state index in [2.05, 4.69) is 13.8 Å². The molecule has 21 heavy (non-hydrogen) atoms. The molecule has 0 saturated carbocycles. The molecule has 4 nitrogen and oxygen atoms in total. The van der Waals surface area contributed by atoms with E-state index in [0.29, 0.717) is 37.1 Å². The van der Waals surface area contributed by atoms with Crippen LogP contribution in [0, 0.1) is 26.7 Å². The van der Waals surface area contributed by atoms with Gasteiger partial charge in [-0.3, -0.25) is 0 Å². The second-order valence-corrected chi connectivity index (χ2v) is 8.06. The molecule has 0 bridgehead atoms. The molecular weight excluding hydrogens is 312 g/mol. The molecule has 120 valence electrons. The molecule has 0 aliphatic heterocycles. The van der Waals surface area contributed by atoms with Crippen LogP contribution in [0.3, 0.4) is 0 Å². The lowest BCUT2D eigenvalue weighted by Crippen LogP contribution is -2.12. The van der Waals surface area contributed by atoms with Crippen LogP contribution in [0.2, 0.25) is 0 Å². The van der Waals surface area contributed by atoms with E-state index in [1.807, 2.05) is 13.8 Å². The topological polar surface area (TPSA) is 52.6 Å². The van der Waals surface area contributed by atoms with Crippen LogP contribution in [0.1, 0.15) is 30.5 Å². The Morgan fingerprint density at radius 2 is 1.76 bits per heavy atom. The van der Waals surface area contributed by atoms with Crippen molar-refractivity contribution in [2.45, 2.75) is 39.5 Å². The minimum Gasteiger partial charge on any atom is -0.491 e. The van der Waals surface area contributed by atoms with Gasteiger partial charge in [0.15, 0.2) is 0 Å². The Hall–Kier alpha value is -0.780. The van der Waals surface area contributed by atoms with E-state index in [1.165, 1.54) is 0 Å². The third-order valence-corrected chi connectivity index (χ3v) is 4.61. The van der Waals surface area contributed by atoms with Crippen LogP contribution in [-0.2, 0) is 13.8 Å². The molecule has 0 spiro atoms. The first-order valence-electron chi connectivity index (χ1n) is 6.90. The van der Waals surface area contributed by atoms with Crippen molar-refractivity contribution in [3.05, 3.63) is 22.8 Å². The number of aryl methyl sites for hydroxylation is 1. The maximum Gasteiger partial charge on any atom is 0.261 e. The van der Waals surface area contributed by atoms with E-state index in [9.17, 15) is 8.42 Å². The van der Waals surface area contributed by atoms with Crippen LogP contribution >= 0.6 is 10.7 Å². The predicted octanol–water partition coefficient (Wildman–Crippen LogP) is 3.59. The maximum atomic E-state index is 11.5. The zero-order chi connectivity index (χ0) is 16.2. The fraction of sp³-hybridized carbons (Fsp3) is 0.600. The predicted molar refractivity (Wildman–Crippen MR) is 84.8 cm³/mol. The Morgan fingerprint density at radius 1 is 1.14 bits per heavy atom.